The van der Waals surface area contributed by atoms with Crippen LogP contribution in [0.2, 0.25) is 0 Å². The largest absolute Gasteiger partial charge is 0.314 e. The minimum absolute atomic E-state index is 0.634. The molecule has 0 aliphatic heterocycles. The van der Waals surface area contributed by atoms with Crippen LogP contribution >= 0.6 is 0 Å². The van der Waals surface area contributed by atoms with E-state index in [1.165, 1.54) is 31.4 Å². The Morgan fingerprint density at radius 1 is 1.37 bits per heavy atom. The molecule has 2 rings (SSSR count). The minimum Gasteiger partial charge on any atom is -0.314 e. The fourth-order valence-electron chi connectivity index (χ4n) is 2.93. The van der Waals surface area contributed by atoms with Gasteiger partial charge in [-0.2, -0.15) is 5.26 Å². The molecule has 1 aromatic rings. The average molecular weight is 261 g/mol. The van der Waals surface area contributed by atoms with Crippen molar-refractivity contribution in [3.05, 3.63) is 11.4 Å². The Bertz CT molecular complexity index is 426. The molecule has 0 bridgehead atoms. The molecule has 1 fully saturated rings. The van der Waals surface area contributed by atoms with Gasteiger partial charge in [0.2, 0.25) is 0 Å². The summed E-state index contributed by atoms with van der Waals surface area (Å²) in [6.07, 6.45) is 7.77. The van der Waals surface area contributed by atoms with Crippen molar-refractivity contribution in [3.8, 4) is 6.07 Å². The van der Waals surface area contributed by atoms with E-state index in [1.54, 1.807) is 0 Å². The molecule has 19 heavy (non-hydrogen) atoms. The van der Waals surface area contributed by atoms with Crippen LogP contribution in [0, 0.1) is 11.3 Å². The van der Waals surface area contributed by atoms with Gasteiger partial charge in [-0.1, -0.05) is 18.1 Å². The lowest BCUT2D eigenvalue weighted by Gasteiger charge is -2.13. The predicted molar refractivity (Wildman–Crippen MR) is 73.5 cm³/mol. The Hall–Kier alpha value is -1.41. The number of rotatable bonds is 7. The van der Waals surface area contributed by atoms with Gasteiger partial charge < -0.3 is 5.32 Å². The molecule has 0 atom stereocenters. The first-order valence-electron chi connectivity index (χ1n) is 7.30. The molecule has 1 saturated carbocycles. The summed E-state index contributed by atoms with van der Waals surface area (Å²) in [5.41, 5.74) is 2.44. The van der Waals surface area contributed by atoms with Gasteiger partial charge >= 0.3 is 0 Å². The van der Waals surface area contributed by atoms with Gasteiger partial charge in [0.05, 0.1) is 17.5 Å². The van der Waals surface area contributed by atoms with E-state index in [1.807, 2.05) is 7.05 Å². The summed E-state index contributed by atoms with van der Waals surface area (Å²) in [6, 6.07) is 2.19. The van der Waals surface area contributed by atoms with Crippen molar-refractivity contribution >= 4 is 0 Å². The zero-order valence-corrected chi connectivity index (χ0v) is 11.7. The summed E-state index contributed by atoms with van der Waals surface area (Å²) in [6.45, 7) is 1.69. The van der Waals surface area contributed by atoms with Crippen LogP contribution in [0.15, 0.2) is 0 Å². The van der Waals surface area contributed by atoms with E-state index in [0.29, 0.717) is 12.3 Å². The molecule has 5 heteroatoms. The molecule has 5 nitrogen and oxygen atoms in total. The molecule has 0 amide bonds. The quantitative estimate of drug-likeness (QED) is 0.765. The molecule has 104 valence electrons. The van der Waals surface area contributed by atoms with Crippen molar-refractivity contribution in [2.24, 2.45) is 0 Å². The number of aromatic nitrogens is 3. The molecule has 0 saturated heterocycles. The third kappa shape index (κ3) is 3.54. The summed E-state index contributed by atoms with van der Waals surface area (Å²) >= 11 is 0. The van der Waals surface area contributed by atoms with Crippen molar-refractivity contribution < 1.29 is 0 Å². The lowest BCUT2D eigenvalue weighted by Crippen LogP contribution is -2.13. The Balaban J connectivity index is 2.06. The number of nitriles is 1. The van der Waals surface area contributed by atoms with Gasteiger partial charge in [0.15, 0.2) is 0 Å². The average Bonchev–Trinajstić information content (AvgIpc) is 3.04. The lowest BCUT2D eigenvalue weighted by molar-refractivity contribution is 0.503. The van der Waals surface area contributed by atoms with Crippen LogP contribution < -0.4 is 5.32 Å². The molecular weight excluding hydrogens is 238 g/mol. The van der Waals surface area contributed by atoms with Crippen molar-refractivity contribution in [3.63, 3.8) is 0 Å². The van der Waals surface area contributed by atoms with Crippen molar-refractivity contribution in [1.29, 1.82) is 5.26 Å². The number of unbranched alkanes of at least 4 members (excludes halogenated alkanes) is 2. The van der Waals surface area contributed by atoms with E-state index in [9.17, 15) is 0 Å². The summed E-state index contributed by atoms with van der Waals surface area (Å²) in [4.78, 5) is 0. The Morgan fingerprint density at radius 3 is 2.84 bits per heavy atom. The first-order valence-corrected chi connectivity index (χ1v) is 7.30. The van der Waals surface area contributed by atoms with Crippen molar-refractivity contribution in [2.45, 2.75) is 64.0 Å². The second-order valence-electron chi connectivity index (χ2n) is 5.27. The van der Waals surface area contributed by atoms with Crippen LogP contribution in [-0.4, -0.2) is 22.0 Å². The topological polar surface area (TPSA) is 66.5 Å². The van der Waals surface area contributed by atoms with Crippen LogP contribution in [0.25, 0.3) is 0 Å². The van der Waals surface area contributed by atoms with E-state index in [4.69, 9.17) is 5.26 Å². The van der Waals surface area contributed by atoms with Crippen LogP contribution in [0.1, 0.15) is 62.3 Å². The summed E-state index contributed by atoms with van der Waals surface area (Å²) < 4.78 is 2.08. The van der Waals surface area contributed by atoms with Gasteiger partial charge in [0.1, 0.15) is 0 Å². The minimum atomic E-state index is 0.634. The molecule has 0 spiro atoms. The number of aryl methyl sites for hydroxylation is 1. The highest BCUT2D eigenvalue weighted by atomic mass is 15.4. The van der Waals surface area contributed by atoms with E-state index >= 15 is 0 Å². The number of nitrogens with one attached hydrogen (secondary N) is 1. The highest BCUT2D eigenvalue weighted by Gasteiger charge is 2.25. The maximum atomic E-state index is 8.57. The molecule has 1 N–H and O–H groups in total. The third-order valence-corrected chi connectivity index (χ3v) is 3.84. The molecule has 1 aliphatic rings. The van der Waals surface area contributed by atoms with E-state index in [2.05, 4.69) is 26.4 Å². The molecule has 1 aliphatic carbocycles. The fourth-order valence-corrected chi connectivity index (χ4v) is 2.93. The van der Waals surface area contributed by atoms with Crippen LogP contribution in [0.5, 0.6) is 0 Å². The lowest BCUT2D eigenvalue weighted by atomic mass is 10.0. The first kappa shape index (κ1) is 14.0. The van der Waals surface area contributed by atoms with Gasteiger partial charge in [-0.15, -0.1) is 5.10 Å². The maximum Gasteiger partial charge on any atom is 0.0999 e. The fraction of sp³-hybridized carbons (Fsp3) is 0.786. The smallest absolute Gasteiger partial charge is 0.0999 e. The number of nitrogens with zero attached hydrogens (tertiary/aromatic N) is 4. The molecule has 1 heterocycles. The highest BCUT2D eigenvalue weighted by molar-refractivity contribution is 5.17. The Kier molecular flexibility index (Phi) is 5.34. The number of hydrogen-bond acceptors (Lipinski definition) is 4. The van der Waals surface area contributed by atoms with Gasteiger partial charge in [0.25, 0.3) is 0 Å². The van der Waals surface area contributed by atoms with E-state index in [0.717, 1.165) is 31.6 Å². The van der Waals surface area contributed by atoms with Crippen LogP contribution in [0.3, 0.4) is 0 Å². The molecule has 0 aromatic carbocycles. The predicted octanol–water partition coefficient (Wildman–Crippen LogP) is 2.35. The SMILES string of the molecule is CNCc1nnn(CCCCC#N)c1C1CCCC1. The van der Waals surface area contributed by atoms with Crippen molar-refractivity contribution in [2.75, 3.05) is 7.05 Å². The summed E-state index contributed by atoms with van der Waals surface area (Å²) in [7, 11) is 1.95. The van der Waals surface area contributed by atoms with Gasteiger partial charge in [-0.3, -0.25) is 0 Å². The monoisotopic (exact) mass is 261 g/mol. The zero-order chi connectivity index (χ0) is 13.5. The normalized spacial score (nSPS) is 15.8. The molecule has 1 aromatic heterocycles. The summed E-state index contributed by atoms with van der Waals surface area (Å²) in [5.74, 6) is 0.634. The number of hydrogen-bond donors (Lipinski definition) is 1. The second-order valence-corrected chi connectivity index (χ2v) is 5.27. The zero-order valence-electron chi connectivity index (χ0n) is 11.7. The van der Waals surface area contributed by atoms with Gasteiger partial charge in [-0.25, -0.2) is 4.68 Å². The standard InChI is InChI=1S/C14H23N5/c1-16-11-13-14(12-7-3-4-8-12)19(18-17-13)10-6-2-5-9-15/h12,16H,2-8,10-11H2,1H3. The maximum absolute atomic E-state index is 8.57. The first-order chi connectivity index (χ1) is 9.36. The van der Waals surface area contributed by atoms with E-state index < -0.39 is 0 Å². The molecule has 0 radical (unpaired) electrons. The van der Waals surface area contributed by atoms with Gasteiger partial charge in [-0.05, 0) is 32.7 Å². The Labute approximate surface area is 115 Å². The van der Waals surface area contributed by atoms with Crippen LogP contribution in [-0.2, 0) is 13.1 Å². The second kappa shape index (κ2) is 7.25. The van der Waals surface area contributed by atoms with Crippen molar-refractivity contribution in [1.82, 2.24) is 20.3 Å². The van der Waals surface area contributed by atoms with E-state index in [-0.39, 0.29) is 0 Å². The highest BCUT2D eigenvalue weighted by Crippen LogP contribution is 2.35. The van der Waals surface area contributed by atoms with Crippen LogP contribution in [0.4, 0.5) is 0 Å². The Morgan fingerprint density at radius 2 is 2.16 bits per heavy atom. The third-order valence-electron chi connectivity index (χ3n) is 3.84. The molecule has 0 unspecified atom stereocenters. The summed E-state index contributed by atoms with van der Waals surface area (Å²) in [5, 5.41) is 20.4. The molecular formula is C14H23N5. The van der Waals surface area contributed by atoms with Gasteiger partial charge in [0, 0.05) is 25.4 Å².